The highest BCUT2D eigenvalue weighted by atomic mass is 35.5. The molecule has 0 radical (unpaired) electrons. The van der Waals surface area contributed by atoms with Gasteiger partial charge in [0.15, 0.2) is 0 Å². The average molecular weight is 279 g/mol. The van der Waals surface area contributed by atoms with Crippen LogP contribution in [0.15, 0.2) is 30.5 Å². The summed E-state index contributed by atoms with van der Waals surface area (Å²) in [4.78, 5) is 8.03. The highest BCUT2D eigenvalue weighted by molar-refractivity contribution is 6.28. The Morgan fingerprint density at radius 2 is 1.84 bits per heavy atom. The maximum Gasteiger partial charge on any atom is 0.224 e. The fraction of sp³-hybridized carbons (Fsp3) is 0.286. The van der Waals surface area contributed by atoms with E-state index in [1.807, 2.05) is 45.0 Å². The zero-order valence-electron chi connectivity index (χ0n) is 11.4. The van der Waals surface area contributed by atoms with Gasteiger partial charge in [0.25, 0.3) is 0 Å². The summed E-state index contributed by atoms with van der Waals surface area (Å²) in [5, 5.41) is 3.46. The van der Waals surface area contributed by atoms with Crippen LogP contribution in [0.5, 0.6) is 0 Å². The molecule has 1 aromatic heterocycles. The third-order valence-electron chi connectivity index (χ3n) is 2.38. The number of halogens is 1. The van der Waals surface area contributed by atoms with Gasteiger partial charge in [0, 0.05) is 24.0 Å². The normalized spacial score (nSPS) is 9.47. The van der Waals surface area contributed by atoms with E-state index in [9.17, 15) is 0 Å². The minimum Gasteiger partial charge on any atom is -0.399 e. The Balaban J connectivity index is 0.000000861. The largest absolute Gasteiger partial charge is 0.399 e. The first kappa shape index (κ1) is 15.2. The molecule has 0 aliphatic carbocycles. The van der Waals surface area contributed by atoms with E-state index in [4.69, 9.17) is 17.3 Å². The molecular weight excluding hydrogens is 260 g/mol. The van der Waals surface area contributed by atoms with E-state index in [0.717, 1.165) is 22.6 Å². The summed E-state index contributed by atoms with van der Waals surface area (Å²) in [6.45, 7) is 6.61. The molecule has 0 bridgehead atoms. The van der Waals surface area contributed by atoms with Gasteiger partial charge in [0.2, 0.25) is 5.28 Å². The molecule has 2 rings (SSSR count). The lowest BCUT2D eigenvalue weighted by molar-refractivity contribution is 1.06. The van der Waals surface area contributed by atoms with Gasteiger partial charge in [-0.25, -0.2) is 9.97 Å². The van der Waals surface area contributed by atoms with Crippen LogP contribution < -0.4 is 11.1 Å². The van der Waals surface area contributed by atoms with Gasteiger partial charge in [0.05, 0.1) is 0 Å². The Labute approximate surface area is 119 Å². The van der Waals surface area contributed by atoms with Crippen molar-refractivity contribution in [3.05, 3.63) is 46.9 Å². The van der Waals surface area contributed by atoms with E-state index in [0.29, 0.717) is 6.54 Å². The van der Waals surface area contributed by atoms with E-state index in [1.54, 1.807) is 6.20 Å². The van der Waals surface area contributed by atoms with Gasteiger partial charge >= 0.3 is 0 Å². The van der Waals surface area contributed by atoms with Crippen molar-refractivity contribution in [3.8, 4) is 0 Å². The van der Waals surface area contributed by atoms with Crippen LogP contribution in [0.2, 0.25) is 5.28 Å². The predicted molar refractivity (Wildman–Crippen MR) is 81.3 cm³/mol. The molecule has 19 heavy (non-hydrogen) atoms. The third kappa shape index (κ3) is 4.75. The average Bonchev–Trinajstić information content (AvgIpc) is 2.44. The first-order valence-corrected chi connectivity index (χ1v) is 6.60. The van der Waals surface area contributed by atoms with Crippen LogP contribution in [0.4, 0.5) is 11.5 Å². The van der Waals surface area contributed by atoms with Crippen molar-refractivity contribution in [1.82, 2.24) is 9.97 Å². The summed E-state index contributed by atoms with van der Waals surface area (Å²) in [5.41, 5.74) is 8.47. The molecule has 0 saturated heterocycles. The fourth-order valence-electron chi connectivity index (χ4n) is 1.42. The molecule has 0 aliphatic rings. The van der Waals surface area contributed by atoms with Crippen molar-refractivity contribution in [1.29, 1.82) is 0 Å². The smallest absolute Gasteiger partial charge is 0.224 e. The number of aromatic nitrogens is 2. The number of hydrogen-bond donors (Lipinski definition) is 2. The summed E-state index contributed by atoms with van der Waals surface area (Å²) in [6, 6.07) is 7.69. The molecule has 0 fully saturated rings. The molecule has 5 heteroatoms. The van der Waals surface area contributed by atoms with Crippen LogP contribution in [-0.4, -0.2) is 9.97 Å². The van der Waals surface area contributed by atoms with Gasteiger partial charge in [-0.05, 0) is 36.2 Å². The van der Waals surface area contributed by atoms with Crippen molar-refractivity contribution in [2.75, 3.05) is 11.1 Å². The second-order valence-electron chi connectivity index (χ2n) is 3.77. The summed E-state index contributed by atoms with van der Waals surface area (Å²) >= 11 is 5.74. The van der Waals surface area contributed by atoms with E-state index in [-0.39, 0.29) is 5.28 Å². The number of anilines is 2. The van der Waals surface area contributed by atoms with Crippen LogP contribution in [0, 0.1) is 6.92 Å². The second kappa shape index (κ2) is 7.59. The second-order valence-corrected chi connectivity index (χ2v) is 4.10. The lowest BCUT2D eigenvalue weighted by Crippen LogP contribution is -2.04. The lowest BCUT2D eigenvalue weighted by Gasteiger charge is -2.08. The first-order chi connectivity index (χ1) is 9.15. The number of hydrogen-bond acceptors (Lipinski definition) is 4. The Morgan fingerprint density at radius 3 is 2.47 bits per heavy atom. The zero-order valence-corrected chi connectivity index (χ0v) is 12.2. The Hall–Kier alpha value is -1.81. The van der Waals surface area contributed by atoms with Crippen LogP contribution >= 0.6 is 11.6 Å². The molecule has 0 saturated carbocycles. The highest BCUT2D eigenvalue weighted by Crippen LogP contribution is 2.14. The van der Waals surface area contributed by atoms with E-state index in [1.165, 1.54) is 0 Å². The molecule has 1 heterocycles. The molecule has 0 amide bonds. The number of nitrogens with zero attached hydrogens (tertiary/aromatic N) is 2. The van der Waals surface area contributed by atoms with Gasteiger partial charge in [-0.1, -0.05) is 26.0 Å². The van der Waals surface area contributed by atoms with Crippen molar-refractivity contribution >= 4 is 23.1 Å². The minimum absolute atomic E-state index is 0.246. The first-order valence-electron chi connectivity index (χ1n) is 6.22. The SMILES string of the molecule is CC.Cc1cnc(Cl)nc1NCc1ccc(N)cc1. The summed E-state index contributed by atoms with van der Waals surface area (Å²) < 4.78 is 0. The standard InChI is InChI=1S/C12H13ClN4.C2H6/c1-8-6-16-12(13)17-11(8)15-7-9-2-4-10(14)5-3-9;1-2/h2-6H,7,14H2,1H3,(H,15,16,17);1-2H3. The molecule has 3 N–H and O–H groups in total. The van der Waals surface area contributed by atoms with Crippen molar-refractivity contribution in [2.24, 2.45) is 0 Å². The van der Waals surface area contributed by atoms with Crippen LogP contribution in [0.1, 0.15) is 25.0 Å². The molecule has 2 aromatic rings. The van der Waals surface area contributed by atoms with Crippen LogP contribution in [-0.2, 0) is 6.54 Å². The maximum absolute atomic E-state index is 5.74. The molecule has 4 nitrogen and oxygen atoms in total. The molecule has 0 spiro atoms. The maximum atomic E-state index is 5.74. The predicted octanol–water partition coefficient (Wildman–Crippen LogP) is 3.66. The van der Waals surface area contributed by atoms with E-state index < -0.39 is 0 Å². The quantitative estimate of drug-likeness (QED) is 0.664. The third-order valence-corrected chi connectivity index (χ3v) is 2.56. The monoisotopic (exact) mass is 278 g/mol. The number of benzene rings is 1. The number of nitrogens with two attached hydrogens (primary N) is 1. The Bertz CT molecular complexity index is 511. The van der Waals surface area contributed by atoms with Gasteiger partial charge in [0.1, 0.15) is 5.82 Å². The Kier molecular flexibility index (Phi) is 6.09. The molecular formula is C14H19ClN4. The Morgan fingerprint density at radius 1 is 1.21 bits per heavy atom. The van der Waals surface area contributed by atoms with Crippen LogP contribution in [0.3, 0.4) is 0 Å². The minimum atomic E-state index is 0.246. The summed E-state index contributed by atoms with van der Waals surface area (Å²) in [5.74, 6) is 0.752. The van der Waals surface area contributed by atoms with E-state index in [2.05, 4.69) is 15.3 Å². The van der Waals surface area contributed by atoms with Gasteiger partial charge in [-0.2, -0.15) is 0 Å². The summed E-state index contributed by atoms with van der Waals surface area (Å²) in [6.07, 6.45) is 1.70. The molecule has 0 atom stereocenters. The van der Waals surface area contributed by atoms with Gasteiger partial charge < -0.3 is 11.1 Å². The highest BCUT2D eigenvalue weighted by Gasteiger charge is 2.01. The van der Waals surface area contributed by atoms with Crippen molar-refractivity contribution in [2.45, 2.75) is 27.3 Å². The number of rotatable bonds is 3. The molecule has 0 unspecified atom stereocenters. The topological polar surface area (TPSA) is 63.8 Å². The number of aryl methyl sites for hydroxylation is 1. The van der Waals surface area contributed by atoms with Crippen LogP contribution in [0.25, 0.3) is 0 Å². The van der Waals surface area contributed by atoms with Crippen molar-refractivity contribution in [3.63, 3.8) is 0 Å². The van der Waals surface area contributed by atoms with Crippen molar-refractivity contribution < 1.29 is 0 Å². The van der Waals surface area contributed by atoms with E-state index >= 15 is 0 Å². The lowest BCUT2D eigenvalue weighted by atomic mass is 10.2. The summed E-state index contributed by atoms with van der Waals surface area (Å²) in [7, 11) is 0. The molecule has 102 valence electrons. The number of nitrogens with one attached hydrogen (secondary N) is 1. The zero-order chi connectivity index (χ0) is 14.3. The molecule has 0 aliphatic heterocycles. The van der Waals surface area contributed by atoms with Gasteiger partial charge in [-0.3, -0.25) is 0 Å². The fourth-order valence-corrected chi connectivity index (χ4v) is 1.55. The van der Waals surface area contributed by atoms with Gasteiger partial charge in [-0.15, -0.1) is 0 Å². The number of nitrogen functional groups attached to an aromatic ring is 1. The molecule has 1 aromatic carbocycles.